The number of rotatable bonds is 4. The first-order valence-electron chi connectivity index (χ1n) is 6.41. The molecule has 118 valence electrons. The summed E-state index contributed by atoms with van der Waals surface area (Å²) in [5, 5.41) is 16.4. The molecule has 0 aliphatic carbocycles. The number of halogens is 3. The van der Waals surface area contributed by atoms with E-state index < -0.39 is 23.2 Å². The molecular weight excluding hydrogens is 315 g/mol. The van der Waals surface area contributed by atoms with E-state index >= 15 is 0 Å². The van der Waals surface area contributed by atoms with Gasteiger partial charge in [0.1, 0.15) is 5.60 Å². The Balaban J connectivity index is 2.01. The van der Waals surface area contributed by atoms with Gasteiger partial charge in [0.25, 0.3) is 5.91 Å². The molecule has 2 N–H and O–H groups in total. The van der Waals surface area contributed by atoms with Crippen molar-refractivity contribution < 1.29 is 23.1 Å². The van der Waals surface area contributed by atoms with Gasteiger partial charge in [-0.3, -0.25) is 4.79 Å². The molecule has 1 amide bonds. The molecule has 1 unspecified atom stereocenters. The minimum absolute atomic E-state index is 0.0381. The van der Waals surface area contributed by atoms with Crippen LogP contribution in [0.5, 0.6) is 0 Å². The maximum atomic E-state index is 12.4. The molecule has 0 aliphatic rings. The summed E-state index contributed by atoms with van der Waals surface area (Å²) in [6, 6.07) is 5.67. The lowest BCUT2D eigenvalue weighted by Gasteiger charge is -2.22. The molecule has 2 aromatic rings. The number of hydrogen-bond donors (Lipinski definition) is 2. The van der Waals surface area contributed by atoms with Gasteiger partial charge in [0, 0.05) is 5.56 Å². The molecule has 0 saturated heterocycles. The average Bonchev–Trinajstić information content (AvgIpc) is 2.99. The van der Waals surface area contributed by atoms with Crippen molar-refractivity contribution in [1.29, 1.82) is 0 Å². The SMILES string of the molecule is CC(O)(CNC(=O)c1ccc(C(F)(F)F)cc1)c1ccsc1. The number of nitrogens with one attached hydrogen (secondary N) is 1. The summed E-state index contributed by atoms with van der Waals surface area (Å²) in [6.07, 6.45) is -4.43. The van der Waals surface area contributed by atoms with Gasteiger partial charge in [0.05, 0.1) is 12.1 Å². The van der Waals surface area contributed by atoms with Crippen LogP contribution in [0.25, 0.3) is 0 Å². The zero-order valence-corrected chi connectivity index (χ0v) is 12.5. The van der Waals surface area contributed by atoms with Crippen LogP contribution in [0.1, 0.15) is 28.4 Å². The van der Waals surface area contributed by atoms with E-state index in [0.717, 1.165) is 24.3 Å². The van der Waals surface area contributed by atoms with Crippen molar-refractivity contribution in [3.8, 4) is 0 Å². The van der Waals surface area contributed by atoms with Crippen LogP contribution >= 0.6 is 11.3 Å². The molecule has 1 heterocycles. The smallest absolute Gasteiger partial charge is 0.384 e. The summed E-state index contributed by atoms with van der Waals surface area (Å²) in [6.45, 7) is 1.52. The highest BCUT2D eigenvalue weighted by atomic mass is 32.1. The Morgan fingerprint density at radius 2 is 1.82 bits per heavy atom. The third kappa shape index (κ3) is 3.86. The first-order valence-corrected chi connectivity index (χ1v) is 7.35. The molecule has 3 nitrogen and oxygen atoms in total. The molecule has 0 spiro atoms. The maximum Gasteiger partial charge on any atom is 0.416 e. The van der Waals surface area contributed by atoms with Crippen LogP contribution in [0.4, 0.5) is 13.2 Å². The lowest BCUT2D eigenvalue weighted by atomic mass is 9.99. The van der Waals surface area contributed by atoms with Crippen molar-refractivity contribution in [1.82, 2.24) is 5.32 Å². The van der Waals surface area contributed by atoms with Gasteiger partial charge >= 0.3 is 6.18 Å². The predicted molar refractivity (Wildman–Crippen MR) is 77.7 cm³/mol. The van der Waals surface area contributed by atoms with Gasteiger partial charge in [-0.2, -0.15) is 24.5 Å². The zero-order valence-electron chi connectivity index (χ0n) is 11.6. The van der Waals surface area contributed by atoms with Crippen LogP contribution in [0.3, 0.4) is 0 Å². The Labute approximate surface area is 129 Å². The minimum atomic E-state index is -4.43. The predicted octanol–water partition coefficient (Wildman–Crippen LogP) is 3.40. The van der Waals surface area contributed by atoms with E-state index in [0.29, 0.717) is 5.56 Å². The third-order valence-corrected chi connectivity index (χ3v) is 3.89. The van der Waals surface area contributed by atoms with E-state index in [9.17, 15) is 23.1 Å². The first-order chi connectivity index (χ1) is 10.2. The number of carbonyl (C=O) groups is 1. The maximum absolute atomic E-state index is 12.4. The normalized spacial score (nSPS) is 14.4. The molecule has 22 heavy (non-hydrogen) atoms. The van der Waals surface area contributed by atoms with Crippen LogP contribution in [0.2, 0.25) is 0 Å². The number of alkyl halides is 3. The van der Waals surface area contributed by atoms with Gasteiger partial charge in [-0.05, 0) is 53.6 Å². The van der Waals surface area contributed by atoms with Gasteiger partial charge in [-0.25, -0.2) is 0 Å². The van der Waals surface area contributed by atoms with E-state index in [4.69, 9.17) is 0 Å². The highest BCUT2D eigenvalue weighted by Gasteiger charge is 2.30. The Morgan fingerprint density at radius 1 is 1.18 bits per heavy atom. The summed E-state index contributed by atoms with van der Waals surface area (Å²) in [5.74, 6) is -0.538. The fourth-order valence-electron chi connectivity index (χ4n) is 1.84. The average molecular weight is 329 g/mol. The Morgan fingerprint density at radius 3 is 2.32 bits per heavy atom. The fraction of sp³-hybridized carbons (Fsp3) is 0.267. The van der Waals surface area contributed by atoms with Crippen molar-refractivity contribution in [3.63, 3.8) is 0 Å². The van der Waals surface area contributed by atoms with E-state index in [1.165, 1.54) is 11.3 Å². The second-order valence-corrected chi connectivity index (χ2v) is 5.82. The molecule has 7 heteroatoms. The molecule has 0 fully saturated rings. The second kappa shape index (κ2) is 6.10. The van der Waals surface area contributed by atoms with Crippen molar-refractivity contribution >= 4 is 17.2 Å². The van der Waals surface area contributed by atoms with Crippen LogP contribution in [0.15, 0.2) is 41.1 Å². The molecule has 1 aromatic heterocycles. The number of thiophene rings is 1. The lowest BCUT2D eigenvalue weighted by molar-refractivity contribution is -0.137. The Hall–Kier alpha value is -1.86. The van der Waals surface area contributed by atoms with E-state index in [1.807, 2.05) is 5.38 Å². The van der Waals surface area contributed by atoms with Crippen LogP contribution in [-0.2, 0) is 11.8 Å². The van der Waals surface area contributed by atoms with Crippen molar-refractivity contribution in [2.24, 2.45) is 0 Å². The number of benzene rings is 1. The molecule has 1 aromatic carbocycles. The molecule has 0 radical (unpaired) electrons. The van der Waals surface area contributed by atoms with Gasteiger partial charge in [0.15, 0.2) is 0 Å². The highest BCUT2D eigenvalue weighted by molar-refractivity contribution is 7.08. The summed E-state index contributed by atoms with van der Waals surface area (Å²) in [5.41, 5.74) is -1.27. The monoisotopic (exact) mass is 329 g/mol. The van der Waals surface area contributed by atoms with Gasteiger partial charge in [-0.15, -0.1) is 0 Å². The van der Waals surface area contributed by atoms with Crippen molar-refractivity contribution in [2.45, 2.75) is 18.7 Å². The number of amides is 1. The summed E-state index contributed by atoms with van der Waals surface area (Å²) in [7, 11) is 0. The van der Waals surface area contributed by atoms with E-state index in [1.54, 1.807) is 18.4 Å². The van der Waals surface area contributed by atoms with Gasteiger partial charge in [0.2, 0.25) is 0 Å². The quantitative estimate of drug-likeness (QED) is 0.903. The Kier molecular flexibility index (Phi) is 4.58. The molecule has 0 aliphatic heterocycles. The largest absolute Gasteiger partial charge is 0.416 e. The first kappa shape index (κ1) is 16.5. The van der Waals surface area contributed by atoms with Crippen LogP contribution < -0.4 is 5.32 Å². The number of aliphatic hydroxyl groups is 1. The molecule has 2 rings (SSSR count). The van der Waals surface area contributed by atoms with Crippen LogP contribution in [-0.4, -0.2) is 17.6 Å². The van der Waals surface area contributed by atoms with Crippen molar-refractivity contribution in [3.05, 3.63) is 57.8 Å². The zero-order chi connectivity index (χ0) is 16.4. The molecule has 1 atom stereocenters. The molecule has 0 saturated carbocycles. The minimum Gasteiger partial charge on any atom is -0.384 e. The second-order valence-electron chi connectivity index (χ2n) is 5.04. The molecule has 0 bridgehead atoms. The topological polar surface area (TPSA) is 49.3 Å². The number of hydrogen-bond acceptors (Lipinski definition) is 3. The highest BCUT2D eigenvalue weighted by Crippen LogP contribution is 2.29. The summed E-state index contributed by atoms with van der Waals surface area (Å²) in [4.78, 5) is 11.9. The standard InChI is InChI=1S/C15H14F3NO2S/c1-14(21,12-6-7-22-8-12)9-19-13(20)10-2-4-11(5-3-10)15(16,17)18/h2-8,21H,9H2,1H3,(H,19,20). The lowest BCUT2D eigenvalue weighted by Crippen LogP contribution is -2.38. The van der Waals surface area contributed by atoms with Crippen molar-refractivity contribution in [2.75, 3.05) is 6.54 Å². The van der Waals surface area contributed by atoms with E-state index in [-0.39, 0.29) is 12.1 Å². The fourth-order valence-corrected chi connectivity index (χ4v) is 2.62. The van der Waals surface area contributed by atoms with Crippen LogP contribution in [0, 0.1) is 0 Å². The molecular formula is C15H14F3NO2S. The Bertz CT molecular complexity index is 634. The van der Waals surface area contributed by atoms with Gasteiger partial charge < -0.3 is 10.4 Å². The summed E-state index contributed by atoms with van der Waals surface area (Å²) >= 11 is 1.42. The van der Waals surface area contributed by atoms with E-state index in [2.05, 4.69) is 5.32 Å². The third-order valence-electron chi connectivity index (χ3n) is 3.21. The van der Waals surface area contributed by atoms with Gasteiger partial charge in [-0.1, -0.05) is 0 Å². The number of carbonyl (C=O) groups excluding carboxylic acids is 1. The summed E-state index contributed by atoms with van der Waals surface area (Å²) < 4.78 is 37.3.